The van der Waals surface area contributed by atoms with Crippen LogP contribution in [0.25, 0.3) is 88.0 Å². The molecular formula is C54H40. The highest BCUT2D eigenvalue weighted by Gasteiger charge is 2.37. The van der Waals surface area contributed by atoms with Gasteiger partial charge in [-0.2, -0.15) is 0 Å². The lowest BCUT2D eigenvalue weighted by Crippen LogP contribution is -2.15. The molecule has 54 heavy (non-hydrogen) atoms. The molecule has 0 amide bonds. The van der Waals surface area contributed by atoms with Gasteiger partial charge in [0.05, 0.1) is 0 Å². The van der Waals surface area contributed by atoms with E-state index in [9.17, 15) is 0 Å². The molecule has 0 fully saturated rings. The Kier molecular flexibility index (Phi) is 6.46. The van der Waals surface area contributed by atoms with E-state index in [1.807, 2.05) is 0 Å². The first-order chi connectivity index (χ1) is 26.3. The minimum atomic E-state index is -0.0869. The van der Waals surface area contributed by atoms with Crippen LogP contribution in [-0.4, -0.2) is 0 Å². The lowest BCUT2D eigenvalue weighted by atomic mass is 9.79. The fraction of sp³-hybridized carbons (Fsp3) is 0.111. The van der Waals surface area contributed by atoms with Crippen LogP contribution in [0.15, 0.2) is 170 Å². The van der Waals surface area contributed by atoms with Gasteiger partial charge in [-0.15, -0.1) is 0 Å². The van der Waals surface area contributed by atoms with Gasteiger partial charge in [0.1, 0.15) is 0 Å². The summed E-state index contributed by atoms with van der Waals surface area (Å²) >= 11 is 0. The highest BCUT2D eigenvalue weighted by molar-refractivity contribution is 6.22. The van der Waals surface area contributed by atoms with Crippen molar-refractivity contribution in [3.8, 4) is 55.6 Å². The zero-order valence-electron chi connectivity index (χ0n) is 31.2. The zero-order chi connectivity index (χ0) is 36.3. The van der Waals surface area contributed by atoms with Gasteiger partial charge in [0.15, 0.2) is 0 Å². The molecule has 0 saturated carbocycles. The highest BCUT2D eigenvalue weighted by Crippen LogP contribution is 2.53. The summed E-state index contributed by atoms with van der Waals surface area (Å²) in [5.74, 6) is 0. The average Bonchev–Trinajstić information content (AvgIpc) is 3.58. The van der Waals surface area contributed by atoms with Gasteiger partial charge in [-0.3, -0.25) is 0 Å². The highest BCUT2D eigenvalue weighted by atomic mass is 14.4. The number of benzene rings is 9. The molecule has 0 aliphatic heterocycles. The van der Waals surface area contributed by atoms with Crippen molar-refractivity contribution in [3.63, 3.8) is 0 Å². The van der Waals surface area contributed by atoms with Gasteiger partial charge < -0.3 is 0 Å². The second-order valence-electron chi connectivity index (χ2n) is 16.4. The Morgan fingerprint density at radius 2 is 0.704 bits per heavy atom. The second-order valence-corrected chi connectivity index (χ2v) is 16.4. The summed E-state index contributed by atoms with van der Waals surface area (Å²) in [4.78, 5) is 0. The average molecular weight is 689 g/mol. The molecule has 2 aliphatic carbocycles. The Labute approximate surface area is 317 Å². The number of hydrogen-bond acceptors (Lipinski definition) is 0. The Balaban J connectivity index is 1.22. The molecule has 0 radical (unpaired) electrons. The van der Waals surface area contributed by atoms with E-state index in [0.29, 0.717) is 0 Å². The standard InChI is InChI=1S/C54H40/c1-53(2)47-22-11-9-17-39(47)41-27-25-35(31-49(41)53)51-43-19-7-8-20-44(43)52(36-26-28-42-40-18-10-12-23-48(40)54(3,4)50(42)32-36)46-30-34(24-29-45(46)51)38-21-13-15-33-14-5-6-16-37(33)38/h5-32H,1-4H3. The van der Waals surface area contributed by atoms with Crippen molar-refractivity contribution in [1.29, 1.82) is 0 Å². The molecule has 0 saturated heterocycles. The number of rotatable bonds is 3. The van der Waals surface area contributed by atoms with Gasteiger partial charge in [0.25, 0.3) is 0 Å². The topological polar surface area (TPSA) is 0 Å². The largest absolute Gasteiger partial charge is 0.0619 e. The first-order valence-electron chi connectivity index (χ1n) is 19.3. The molecule has 0 aromatic heterocycles. The summed E-state index contributed by atoms with van der Waals surface area (Å²) in [6.07, 6.45) is 0. The summed E-state index contributed by atoms with van der Waals surface area (Å²) in [7, 11) is 0. The summed E-state index contributed by atoms with van der Waals surface area (Å²) in [5.41, 5.74) is 18.5. The zero-order valence-corrected chi connectivity index (χ0v) is 31.2. The Bertz CT molecular complexity index is 3040. The van der Waals surface area contributed by atoms with E-state index >= 15 is 0 Å². The van der Waals surface area contributed by atoms with E-state index in [2.05, 4.69) is 198 Å². The van der Waals surface area contributed by atoms with E-state index in [-0.39, 0.29) is 10.8 Å². The predicted octanol–water partition coefficient (Wildman–Crippen LogP) is 14.8. The normalized spacial score (nSPS) is 14.6. The molecule has 2 aliphatic rings. The van der Waals surface area contributed by atoms with Gasteiger partial charge >= 0.3 is 0 Å². The van der Waals surface area contributed by atoms with E-state index in [1.165, 1.54) is 110 Å². The summed E-state index contributed by atoms with van der Waals surface area (Å²) < 4.78 is 0. The fourth-order valence-electron chi connectivity index (χ4n) is 10.2. The minimum Gasteiger partial charge on any atom is -0.0619 e. The van der Waals surface area contributed by atoms with E-state index in [4.69, 9.17) is 0 Å². The SMILES string of the molecule is CC1(C)c2ccccc2-c2ccc(-c3c4ccccc4c(-c4ccc5c(c4)C(C)(C)c4ccccc4-5)c4cc(-c5cccc6ccccc56)ccc34)cc21. The summed E-state index contributed by atoms with van der Waals surface area (Å²) in [6.45, 7) is 9.52. The molecule has 11 rings (SSSR count). The smallest absolute Gasteiger partial charge is 0.0159 e. The molecule has 0 bridgehead atoms. The first kappa shape index (κ1) is 31.3. The van der Waals surface area contributed by atoms with Crippen molar-refractivity contribution in [2.75, 3.05) is 0 Å². The molecule has 9 aromatic carbocycles. The van der Waals surface area contributed by atoms with Crippen molar-refractivity contribution in [1.82, 2.24) is 0 Å². The molecule has 0 nitrogen and oxygen atoms in total. The molecule has 0 spiro atoms. The first-order valence-corrected chi connectivity index (χ1v) is 19.3. The monoisotopic (exact) mass is 688 g/mol. The third-order valence-corrected chi connectivity index (χ3v) is 12.9. The van der Waals surface area contributed by atoms with Crippen LogP contribution in [-0.2, 0) is 10.8 Å². The Morgan fingerprint density at radius 1 is 0.278 bits per heavy atom. The maximum absolute atomic E-state index is 2.50. The van der Waals surface area contributed by atoms with E-state index in [1.54, 1.807) is 0 Å². The molecular weight excluding hydrogens is 649 g/mol. The molecule has 0 N–H and O–H groups in total. The Hall–Kier alpha value is -6.24. The molecule has 0 atom stereocenters. The van der Waals surface area contributed by atoms with Crippen LogP contribution in [0.3, 0.4) is 0 Å². The van der Waals surface area contributed by atoms with Crippen molar-refractivity contribution in [2.45, 2.75) is 38.5 Å². The van der Waals surface area contributed by atoms with E-state index < -0.39 is 0 Å². The van der Waals surface area contributed by atoms with Crippen molar-refractivity contribution in [2.24, 2.45) is 0 Å². The summed E-state index contributed by atoms with van der Waals surface area (Å²) in [5, 5.41) is 7.67. The third-order valence-electron chi connectivity index (χ3n) is 12.9. The van der Waals surface area contributed by atoms with Crippen LogP contribution < -0.4 is 0 Å². The lowest BCUT2D eigenvalue weighted by molar-refractivity contribution is 0.660. The van der Waals surface area contributed by atoms with Gasteiger partial charge in [0.2, 0.25) is 0 Å². The van der Waals surface area contributed by atoms with Crippen molar-refractivity contribution in [3.05, 3.63) is 192 Å². The number of fused-ring (bicyclic) bond motifs is 9. The van der Waals surface area contributed by atoms with Gasteiger partial charge in [-0.05, 0) is 128 Å². The minimum absolute atomic E-state index is 0.0795. The molecule has 256 valence electrons. The van der Waals surface area contributed by atoms with Crippen LogP contribution in [0.1, 0.15) is 49.9 Å². The maximum atomic E-state index is 2.50. The lowest BCUT2D eigenvalue weighted by Gasteiger charge is -2.24. The molecule has 9 aromatic rings. The van der Waals surface area contributed by atoms with Crippen LogP contribution in [0.4, 0.5) is 0 Å². The third kappa shape index (κ3) is 4.26. The molecule has 0 unspecified atom stereocenters. The maximum Gasteiger partial charge on any atom is 0.0159 e. The van der Waals surface area contributed by atoms with Crippen molar-refractivity contribution >= 4 is 32.3 Å². The molecule has 0 heterocycles. The van der Waals surface area contributed by atoms with Gasteiger partial charge in [-0.25, -0.2) is 0 Å². The second kappa shape index (κ2) is 11.1. The van der Waals surface area contributed by atoms with Crippen LogP contribution in [0.2, 0.25) is 0 Å². The van der Waals surface area contributed by atoms with E-state index in [0.717, 1.165) is 0 Å². The molecule has 0 heteroatoms. The van der Waals surface area contributed by atoms with Crippen molar-refractivity contribution < 1.29 is 0 Å². The van der Waals surface area contributed by atoms with Gasteiger partial charge in [0, 0.05) is 10.8 Å². The van der Waals surface area contributed by atoms with Crippen LogP contribution in [0.5, 0.6) is 0 Å². The van der Waals surface area contributed by atoms with Gasteiger partial charge in [-0.1, -0.05) is 179 Å². The number of hydrogen-bond donors (Lipinski definition) is 0. The predicted molar refractivity (Wildman–Crippen MR) is 230 cm³/mol. The van der Waals surface area contributed by atoms with Crippen LogP contribution in [0, 0.1) is 0 Å². The van der Waals surface area contributed by atoms with Crippen LogP contribution >= 0.6 is 0 Å². The quantitative estimate of drug-likeness (QED) is 0.162. The Morgan fingerprint density at radius 3 is 1.31 bits per heavy atom. The fourth-order valence-corrected chi connectivity index (χ4v) is 10.2. The summed E-state index contributed by atoms with van der Waals surface area (Å²) in [6, 6.07) is 64.1.